The van der Waals surface area contributed by atoms with Gasteiger partial charge in [0.25, 0.3) is 0 Å². The van der Waals surface area contributed by atoms with E-state index in [1.807, 2.05) is 25.4 Å². The Morgan fingerprint density at radius 3 is 2.57 bits per heavy atom. The lowest BCUT2D eigenvalue weighted by Gasteiger charge is -2.12. The molecule has 23 heavy (non-hydrogen) atoms. The minimum Gasteiger partial charge on any atom is -0.275 e. The van der Waals surface area contributed by atoms with Crippen LogP contribution in [0.2, 0.25) is 0 Å². The zero-order valence-electron chi connectivity index (χ0n) is 12.5. The van der Waals surface area contributed by atoms with Crippen molar-refractivity contribution in [3.8, 4) is 10.4 Å². The lowest BCUT2D eigenvalue weighted by atomic mass is 10.0. The average molecular weight is 336 g/mol. The quantitative estimate of drug-likeness (QED) is 0.659. The first kappa shape index (κ1) is 15.8. The van der Waals surface area contributed by atoms with Crippen molar-refractivity contribution < 1.29 is 13.2 Å². The highest BCUT2D eigenvalue weighted by atomic mass is 32.1. The zero-order valence-corrected chi connectivity index (χ0v) is 13.3. The first-order valence-corrected chi connectivity index (χ1v) is 7.98. The lowest BCUT2D eigenvalue weighted by Crippen LogP contribution is -2.09. The molecule has 0 unspecified atom stereocenters. The number of aryl methyl sites for hydroxylation is 3. The van der Waals surface area contributed by atoms with Crippen LogP contribution in [-0.4, -0.2) is 9.78 Å². The van der Waals surface area contributed by atoms with Crippen LogP contribution in [0.25, 0.3) is 10.4 Å². The zero-order chi connectivity index (χ0) is 16.4. The van der Waals surface area contributed by atoms with Crippen LogP contribution in [0.1, 0.15) is 16.0 Å². The normalized spacial score (nSPS) is 11.8. The van der Waals surface area contributed by atoms with Crippen molar-refractivity contribution in [3.05, 3.63) is 64.8 Å². The Morgan fingerprint density at radius 2 is 1.87 bits per heavy atom. The van der Waals surface area contributed by atoms with E-state index in [1.54, 1.807) is 34.3 Å². The number of hydrogen-bond acceptors (Lipinski definition) is 2. The summed E-state index contributed by atoms with van der Waals surface area (Å²) in [4.78, 5) is 2.15. The van der Waals surface area contributed by atoms with Gasteiger partial charge in [0.15, 0.2) is 0 Å². The number of thiophene rings is 1. The van der Waals surface area contributed by atoms with E-state index in [2.05, 4.69) is 5.10 Å². The summed E-state index contributed by atoms with van der Waals surface area (Å²) in [6.45, 7) is 0. The maximum atomic E-state index is 13.0. The van der Waals surface area contributed by atoms with Gasteiger partial charge in [-0.1, -0.05) is 18.2 Å². The van der Waals surface area contributed by atoms with E-state index < -0.39 is 11.7 Å². The minimum absolute atomic E-state index is 0.344. The summed E-state index contributed by atoms with van der Waals surface area (Å²) in [5.41, 5.74) is 0.833. The fourth-order valence-corrected chi connectivity index (χ4v) is 3.47. The Morgan fingerprint density at radius 1 is 1.09 bits per heavy atom. The first-order valence-electron chi connectivity index (χ1n) is 7.16. The van der Waals surface area contributed by atoms with Gasteiger partial charge in [0.05, 0.1) is 11.8 Å². The summed E-state index contributed by atoms with van der Waals surface area (Å²) >= 11 is 1.60. The average Bonchev–Trinajstić information content (AvgIpc) is 3.13. The second-order valence-electron chi connectivity index (χ2n) is 5.32. The molecular weight excluding hydrogens is 321 g/mol. The molecule has 3 aromatic rings. The summed E-state index contributed by atoms with van der Waals surface area (Å²) < 4.78 is 40.7. The van der Waals surface area contributed by atoms with Crippen LogP contribution >= 0.6 is 11.3 Å². The van der Waals surface area contributed by atoms with E-state index in [4.69, 9.17) is 0 Å². The van der Waals surface area contributed by atoms with Gasteiger partial charge in [-0.2, -0.15) is 18.3 Å². The molecule has 0 aliphatic rings. The van der Waals surface area contributed by atoms with E-state index >= 15 is 0 Å². The molecule has 0 atom stereocenters. The predicted molar refractivity (Wildman–Crippen MR) is 85.4 cm³/mol. The highest BCUT2D eigenvalue weighted by molar-refractivity contribution is 7.15. The molecule has 0 amide bonds. The summed E-state index contributed by atoms with van der Waals surface area (Å²) in [7, 11) is 1.85. The molecule has 0 N–H and O–H groups in total. The molecule has 0 spiro atoms. The van der Waals surface area contributed by atoms with Gasteiger partial charge in [0, 0.05) is 28.6 Å². The summed E-state index contributed by atoms with van der Waals surface area (Å²) in [5.74, 6) is 0. The van der Waals surface area contributed by atoms with Crippen LogP contribution in [0.15, 0.2) is 48.8 Å². The molecule has 2 aromatic heterocycles. The maximum absolute atomic E-state index is 13.0. The third-order valence-corrected chi connectivity index (χ3v) is 4.81. The second-order valence-corrected chi connectivity index (χ2v) is 6.49. The van der Waals surface area contributed by atoms with Crippen molar-refractivity contribution in [2.45, 2.75) is 19.0 Å². The highest BCUT2D eigenvalue weighted by Crippen LogP contribution is 2.33. The molecule has 1 aromatic carbocycles. The number of rotatable bonds is 4. The Hall–Kier alpha value is -2.08. The Labute approximate surface area is 136 Å². The molecule has 0 aliphatic heterocycles. The smallest absolute Gasteiger partial charge is 0.275 e. The van der Waals surface area contributed by atoms with Crippen LogP contribution in [0.3, 0.4) is 0 Å². The van der Waals surface area contributed by atoms with Crippen molar-refractivity contribution >= 4 is 11.3 Å². The third-order valence-electron chi connectivity index (χ3n) is 3.61. The molecule has 2 heterocycles. The molecule has 6 heteroatoms. The lowest BCUT2D eigenvalue weighted by molar-refractivity contribution is -0.138. The Bertz CT molecular complexity index is 802. The van der Waals surface area contributed by atoms with Gasteiger partial charge in [0.1, 0.15) is 0 Å². The highest BCUT2D eigenvalue weighted by Gasteiger charge is 2.32. The van der Waals surface area contributed by atoms with Crippen molar-refractivity contribution in [2.75, 3.05) is 0 Å². The van der Waals surface area contributed by atoms with E-state index in [0.29, 0.717) is 18.4 Å². The van der Waals surface area contributed by atoms with Gasteiger partial charge < -0.3 is 0 Å². The molecule has 0 radical (unpaired) electrons. The van der Waals surface area contributed by atoms with E-state index in [9.17, 15) is 13.2 Å². The Kier molecular flexibility index (Phi) is 4.26. The SMILES string of the molecule is Cn1cc(-c2ccc(CCc3ccccc3C(F)(F)F)s2)cn1. The van der Waals surface area contributed by atoms with Gasteiger partial charge in [-0.25, -0.2) is 0 Å². The molecule has 0 bridgehead atoms. The monoisotopic (exact) mass is 336 g/mol. The van der Waals surface area contributed by atoms with Crippen LogP contribution in [0, 0.1) is 0 Å². The number of nitrogens with zero attached hydrogens (tertiary/aromatic N) is 2. The topological polar surface area (TPSA) is 17.8 Å². The van der Waals surface area contributed by atoms with Gasteiger partial charge in [-0.3, -0.25) is 4.68 Å². The van der Waals surface area contributed by atoms with E-state index in [1.165, 1.54) is 6.07 Å². The second kappa shape index (κ2) is 6.20. The molecular formula is C17H15F3N2S. The summed E-state index contributed by atoms with van der Waals surface area (Å²) in [6, 6.07) is 9.75. The number of halogens is 3. The molecule has 120 valence electrons. The molecule has 0 saturated carbocycles. The van der Waals surface area contributed by atoms with E-state index in [0.717, 1.165) is 21.4 Å². The fourth-order valence-electron chi connectivity index (χ4n) is 2.49. The molecule has 0 fully saturated rings. The van der Waals surface area contributed by atoms with Gasteiger partial charge in [0.2, 0.25) is 0 Å². The number of hydrogen-bond donors (Lipinski definition) is 0. The van der Waals surface area contributed by atoms with Crippen LogP contribution in [0.5, 0.6) is 0 Å². The number of alkyl halides is 3. The Balaban J connectivity index is 1.74. The minimum atomic E-state index is -4.30. The fraction of sp³-hybridized carbons (Fsp3) is 0.235. The molecule has 0 aliphatic carbocycles. The van der Waals surface area contributed by atoms with Crippen LogP contribution in [0.4, 0.5) is 13.2 Å². The molecule has 2 nitrogen and oxygen atoms in total. The van der Waals surface area contributed by atoms with Crippen molar-refractivity contribution in [1.82, 2.24) is 9.78 Å². The van der Waals surface area contributed by atoms with Crippen molar-refractivity contribution in [1.29, 1.82) is 0 Å². The first-order chi connectivity index (χ1) is 10.9. The molecule has 3 rings (SSSR count). The van der Waals surface area contributed by atoms with Crippen molar-refractivity contribution in [2.24, 2.45) is 7.05 Å². The summed E-state index contributed by atoms with van der Waals surface area (Å²) in [5, 5.41) is 4.13. The van der Waals surface area contributed by atoms with Gasteiger partial charge >= 0.3 is 6.18 Å². The number of benzene rings is 1. The summed E-state index contributed by atoms with van der Waals surface area (Å²) in [6.07, 6.45) is 0.386. The largest absolute Gasteiger partial charge is 0.416 e. The van der Waals surface area contributed by atoms with E-state index in [-0.39, 0.29) is 0 Å². The third kappa shape index (κ3) is 3.64. The van der Waals surface area contributed by atoms with Gasteiger partial charge in [-0.15, -0.1) is 11.3 Å². The van der Waals surface area contributed by atoms with Crippen molar-refractivity contribution in [3.63, 3.8) is 0 Å². The van der Waals surface area contributed by atoms with Gasteiger partial charge in [-0.05, 0) is 36.6 Å². The number of aromatic nitrogens is 2. The standard InChI is InChI=1S/C17H15F3N2S/c1-22-11-13(10-21-22)16-9-8-14(23-16)7-6-12-4-2-3-5-15(12)17(18,19)20/h2-5,8-11H,6-7H2,1H3. The maximum Gasteiger partial charge on any atom is 0.416 e. The molecule has 0 saturated heterocycles. The van der Waals surface area contributed by atoms with Crippen LogP contribution < -0.4 is 0 Å². The van der Waals surface area contributed by atoms with Crippen LogP contribution in [-0.2, 0) is 26.1 Å². The predicted octanol–water partition coefficient (Wildman–Crippen LogP) is 4.95.